The molecule has 0 aromatic rings. The molecule has 0 saturated heterocycles. The molecular formula is C6H8Br4. The fraction of sp³-hybridized carbons (Fsp3) is 1.00. The van der Waals surface area contributed by atoms with Crippen LogP contribution in [0.25, 0.3) is 0 Å². The first-order valence-corrected chi connectivity index (χ1v) is 6.85. The van der Waals surface area contributed by atoms with Gasteiger partial charge in [0.1, 0.15) is 0 Å². The van der Waals surface area contributed by atoms with Crippen LogP contribution in [0, 0.1) is 0 Å². The summed E-state index contributed by atoms with van der Waals surface area (Å²) in [5, 5.41) is 0. The average Bonchev–Trinajstić information content (AvgIpc) is 1.93. The average molecular weight is 400 g/mol. The summed E-state index contributed by atoms with van der Waals surface area (Å²) >= 11 is 14.5. The van der Waals surface area contributed by atoms with Crippen LogP contribution in [0.5, 0.6) is 0 Å². The predicted molar refractivity (Wildman–Crippen MR) is 60.1 cm³/mol. The molecule has 0 radical (unpaired) electrons. The quantitative estimate of drug-likeness (QED) is 0.543. The van der Waals surface area contributed by atoms with Crippen LogP contribution in [0.1, 0.15) is 12.8 Å². The van der Waals surface area contributed by atoms with Crippen molar-refractivity contribution in [2.75, 3.05) is 0 Å². The highest BCUT2D eigenvalue weighted by atomic mass is 79.9. The molecule has 4 atom stereocenters. The van der Waals surface area contributed by atoms with E-state index < -0.39 is 0 Å². The molecule has 0 aliphatic heterocycles. The Morgan fingerprint density at radius 2 is 1.00 bits per heavy atom. The van der Waals surface area contributed by atoms with E-state index in [-0.39, 0.29) is 0 Å². The lowest BCUT2D eigenvalue weighted by Crippen LogP contribution is -2.36. The molecule has 1 aliphatic rings. The van der Waals surface area contributed by atoms with E-state index in [0.29, 0.717) is 19.3 Å². The number of rotatable bonds is 0. The van der Waals surface area contributed by atoms with E-state index in [2.05, 4.69) is 63.7 Å². The maximum absolute atomic E-state index is 3.64. The minimum Gasteiger partial charge on any atom is -0.0878 e. The van der Waals surface area contributed by atoms with Crippen molar-refractivity contribution in [3.63, 3.8) is 0 Å². The molecule has 1 fully saturated rings. The lowest BCUT2D eigenvalue weighted by atomic mass is 10.0. The van der Waals surface area contributed by atoms with Gasteiger partial charge in [-0.2, -0.15) is 0 Å². The van der Waals surface area contributed by atoms with Crippen molar-refractivity contribution in [3.8, 4) is 0 Å². The number of alkyl halides is 4. The molecule has 1 rings (SSSR count). The van der Waals surface area contributed by atoms with Crippen molar-refractivity contribution >= 4 is 63.7 Å². The summed E-state index contributed by atoms with van der Waals surface area (Å²) in [5.41, 5.74) is 0. The molecule has 0 amide bonds. The van der Waals surface area contributed by atoms with Crippen LogP contribution >= 0.6 is 63.7 Å². The summed E-state index contributed by atoms with van der Waals surface area (Å²) in [6.45, 7) is 0. The number of hydrogen-bond donors (Lipinski definition) is 0. The Bertz CT molecular complexity index is 102. The number of halogens is 4. The molecule has 0 aromatic carbocycles. The molecule has 0 bridgehead atoms. The molecule has 0 aromatic heterocycles. The molecule has 0 heterocycles. The fourth-order valence-electron chi connectivity index (χ4n) is 1.04. The van der Waals surface area contributed by atoms with Crippen LogP contribution in [-0.4, -0.2) is 19.3 Å². The molecule has 0 spiro atoms. The van der Waals surface area contributed by atoms with Gasteiger partial charge in [-0.1, -0.05) is 63.7 Å². The Hall–Kier alpha value is 1.92. The Morgan fingerprint density at radius 1 is 0.700 bits per heavy atom. The van der Waals surface area contributed by atoms with Gasteiger partial charge >= 0.3 is 0 Å². The first-order valence-electron chi connectivity index (χ1n) is 3.19. The molecule has 10 heavy (non-hydrogen) atoms. The largest absolute Gasteiger partial charge is 0.0878 e. The Balaban J connectivity index is 2.52. The minimum atomic E-state index is 0.547. The summed E-state index contributed by atoms with van der Waals surface area (Å²) in [6.07, 6.45) is 2.49. The predicted octanol–water partition coefficient (Wildman–Crippen LogP) is 3.83. The van der Waals surface area contributed by atoms with Gasteiger partial charge in [0, 0.05) is 19.3 Å². The normalized spacial score (nSPS) is 49.2. The van der Waals surface area contributed by atoms with Crippen LogP contribution < -0.4 is 0 Å². The van der Waals surface area contributed by atoms with E-state index in [4.69, 9.17) is 0 Å². The molecular weight excluding hydrogens is 392 g/mol. The second-order valence-corrected chi connectivity index (χ2v) is 6.97. The van der Waals surface area contributed by atoms with E-state index >= 15 is 0 Å². The van der Waals surface area contributed by atoms with Crippen LogP contribution in [-0.2, 0) is 0 Å². The maximum atomic E-state index is 3.64. The van der Waals surface area contributed by atoms with Gasteiger partial charge in [-0.3, -0.25) is 0 Å². The monoisotopic (exact) mass is 396 g/mol. The lowest BCUT2D eigenvalue weighted by Gasteiger charge is -2.31. The summed E-state index contributed by atoms with van der Waals surface area (Å²) in [5.74, 6) is 0. The molecule has 4 heteroatoms. The first kappa shape index (κ1) is 10.0. The molecule has 0 N–H and O–H groups in total. The standard InChI is InChI=1S/C6H8Br4/c7-3-1-2-4(8)6(10)5(3)9/h3-6H,1-2H2/t3-,4-,5-,6+/m0/s1. The maximum Gasteiger partial charge on any atom is 0.0407 e. The van der Waals surface area contributed by atoms with E-state index in [1.807, 2.05) is 0 Å². The van der Waals surface area contributed by atoms with Gasteiger partial charge < -0.3 is 0 Å². The topological polar surface area (TPSA) is 0 Å². The molecule has 1 aliphatic carbocycles. The van der Waals surface area contributed by atoms with Crippen LogP contribution in [0.2, 0.25) is 0 Å². The van der Waals surface area contributed by atoms with Crippen LogP contribution in [0.15, 0.2) is 0 Å². The highest BCUT2D eigenvalue weighted by molar-refractivity contribution is 9.14. The second-order valence-electron chi connectivity index (χ2n) is 2.50. The van der Waals surface area contributed by atoms with Gasteiger partial charge in [0.05, 0.1) is 0 Å². The summed E-state index contributed by atoms with van der Waals surface area (Å²) in [4.78, 5) is 2.33. The van der Waals surface area contributed by atoms with Crippen molar-refractivity contribution in [1.29, 1.82) is 0 Å². The third-order valence-corrected chi connectivity index (χ3v) is 8.31. The van der Waals surface area contributed by atoms with Crippen LogP contribution in [0.4, 0.5) is 0 Å². The van der Waals surface area contributed by atoms with Crippen molar-refractivity contribution in [2.24, 2.45) is 0 Å². The van der Waals surface area contributed by atoms with Crippen LogP contribution in [0.3, 0.4) is 0 Å². The highest BCUT2D eigenvalue weighted by Gasteiger charge is 2.33. The second kappa shape index (κ2) is 4.24. The Kier molecular flexibility index (Phi) is 4.24. The molecule has 1 saturated carbocycles. The van der Waals surface area contributed by atoms with E-state index in [1.54, 1.807) is 0 Å². The zero-order valence-corrected chi connectivity index (χ0v) is 11.6. The zero-order chi connectivity index (χ0) is 7.72. The third-order valence-electron chi connectivity index (χ3n) is 1.71. The van der Waals surface area contributed by atoms with Gasteiger partial charge in [0.25, 0.3) is 0 Å². The van der Waals surface area contributed by atoms with Crippen molar-refractivity contribution < 1.29 is 0 Å². The van der Waals surface area contributed by atoms with E-state index in [9.17, 15) is 0 Å². The smallest absolute Gasteiger partial charge is 0.0407 e. The lowest BCUT2D eigenvalue weighted by molar-refractivity contribution is 0.574. The third kappa shape index (κ3) is 2.20. The van der Waals surface area contributed by atoms with Gasteiger partial charge in [-0.15, -0.1) is 0 Å². The number of hydrogen-bond acceptors (Lipinski definition) is 0. The fourth-order valence-corrected chi connectivity index (χ4v) is 4.31. The van der Waals surface area contributed by atoms with Gasteiger partial charge in [-0.05, 0) is 12.8 Å². The van der Waals surface area contributed by atoms with Gasteiger partial charge in [0.2, 0.25) is 0 Å². The van der Waals surface area contributed by atoms with Crippen molar-refractivity contribution in [3.05, 3.63) is 0 Å². The molecule has 0 unspecified atom stereocenters. The van der Waals surface area contributed by atoms with Gasteiger partial charge in [-0.25, -0.2) is 0 Å². The zero-order valence-electron chi connectivity index (χ0n) is 5.24. The summed E-state index contributed by atoms with van der Waals surface area (Å²) in [7, 11) is 0. The Labute approximate surface area is 95.0 Å². The molecule has 60 valence electrons. The first-order chi connectivity index (χ1) is 4.63. The SMILES string of the molecule is Br[C@@H]1[C@H](Br)[C@@H](Br)CC[C@@H]1Br. The highest BCUT2D eigenvalue weighted by Crippen LogP contribution is 2.37. The summed E-state index contributed by atoms with van der Waals surface area (Å²) < 4.78 is 0. The van der Waals surface area contributed by atoms with Crippen molar-refractivity contribution in [1.82, 2.24) is 0 Å². The minimum absolute atomic E-state index is 0.547. The van der Waals surface area contributed by atoms with E-state index in [0.717, 1.165) is 0 Å². The van der Waals surface area contributed by atoms with E-state index in [1.165, 1.54) is 12.8 Å². The Morgan fingerprint density at radius 3 is 1.30 bits per heavy atom. The van der Waals surface area contributed by atoms with Crippen molar-refractivity contribution in [2.45, 2.75) is 32.2 Å². The summed E-state index contributed by atoms with van der Waals surface area (Å²) in [6, 6.07) is 0. The molecule has 0 nitrogen and oxygen atoms in total. The van der Waals surface area contributed by atoms with Gasteiger partial charge in [0.15, 0.2) is 0 Å².